The third-order valence-corrected chi connectivity index (χ3v) is 1.47. The zero-order valence-corrected chi connectivity index (χ0v) is 6.35. The van der Waals surface area contributed by atoms with Gasteiger partial charge in [-0.3, -0.25) is 0 Å². The summed E-state index contributed by atoms with van der Waals surface area (Å²) in [6.45, 7) is 2.68. The van der Waals surface area contributed by atoms with Gasteiger partial charge in [-0.2, -0.15) is 0 Å². The first-order chi connectivity index (χ1) is 3.72. The Kier molecular flexibility index (Phi) is 3.64. The molecule has 0 aliphatic heterocycles. The van der Waals surface area contributed by atoms with Crippen LogP contribution in [0.4, 0.5) is 0 Å². The minimum absolute atomic E-state index is 0.708. The molecule has 0 rings (SSSR count). The van der Waals surface area contributed by atoms with Crippen LogP contribution < -0.4 is 11.6 Å². The molecule has 0 amide bonds. The summed E-state index contributed by atoms with van der Waals surface area (Å²) in [5, 5.41) is 1.50. The summed E-state index contributed by atoms with van der Waals surface area (Å²) in [4.78, 5) is 0. The van der Waals surface area contributed by atoms with Gasteiger partial charge in [-0.25, -0.2) is 5.84 Å². The molecule has 3 nitrogen and oxygen atoms in total. The average molecular weight is 180 g/mol. The third kappa shape index (κ3) is 2.18. The second kappa shape index (κ2) is 3.74. The summed E-state index contributed by atoms with van der Waals surface area (Å²) in [6.07, 6.45) is 1.41. The van der Waals surface area contributed by atoms with Crippen molar-refractivity contribution in [3.63, 3.8) is 0 Å². The lowest BCUT2D eigenvalue weighted by Crippen LogP contribution is -2.27. The van der Waals surface area contributed by atoms with E-state index in [-0.39, 0.29) is 0 Å². The van der Waals surface area contributed by atoms with Crippen LogP contribution in [-0.4, -0.2) is 11.6 Å². The molecular weight excluding hydrogens is 170 g/mol. The lowest BCUT2D eigenvalue weighted by molar-refractivity contribution is 0.408. The molecule has 0 saturated carbocycles. The second-order valence-corrected chi connectivity index (χ2v) is 2.09. The lowest BCUT2D eigenvalue weighted by atomic mass is 10.7. The van der Waals surface area contributed by atoms with Gasteiger partial charge in [0, 0.05) is 12.7 Å². The van der Waals surface area contributed by atoms with Crippen LogP contribution in [0.25, 0.3) is 0 Å². The van der Waals surface area contributed by atoms with Crippen LogP contribution >= 0.6 is 15.9 Å². The Morgan fingerprint density at radius 1 is 1.88 bits per heavy atom. The van der Waals surface area contributed by atoms with E-state index in [0.717, 1.165) is 6.54 Å². The molecule has 0 aromatic carbocycles. The van der Waals surface area contributed by atoms with E-state index in [4.69, 9.17) is 11.6 Å². The molecule has 0 atom stereocenters. The van der Waals surface area contributed by atoms with E-state index in [1.165, 1.54) is 11.2 Å². The predicted molar refractivity (Wildman–Crippen MR) is 37.8 cm³/mol. The van der Waals surface area contributed by atoms with E-state index in [2.05, 4.69) is 15.9 Å². The molecule has 0 fully saturated rings. The van der Waals surface area contributed by atoms with Crippen LogP contribution in [-0.2, 0) is 0 Å². The highest BCUT2D eigenvalue weighted by atomic mass is 79.9. The highest BCUT2D eigenvalue weighted by Crippen LogP contribution is 2.03. The summed E-state index contributed by atoms with van der Waals surface area (Å²) in [7, 11) is 0. The van der Waals surface area contributed by atoms with Gasteiger partial charge in [0.15, 0.2) is 0 Å². The van der Waals surface area contributed by atoms with Crippen LogP contribution in [0, 0.1) is 0 Å². The van der Waals surface area contributed by atoms with Crippen LogP contribution in [0.2, 0.25) is 0 Å². The van der Waals surface area contributed by atoms with Crippen molar-refractivity contribution in [1.29, 1.82) is 0 Å². The number of hydrogen-bond acceptors (Lipinski definition) is 3. The summed E-state index contributed by atoms with van der Waals surface area (Å²) in [5.74, 6) is 5.37. The quantitative estimate of drug-likeness (QED) is 0.366. The third-order valence-electron chi connectivity index (χ3n) is 0.753. The summed E-state index contributed by atoms with van der Waals surface area (Å²) in [5.41, 5.74) is 5.12. The fourth-order valence-corrected chi connectivity index (χ4v) is 0.498. The first-order valence-electron chi connectivity index (χ1n) is 2.32. The molecule has 0 saturated heterocycles. The van der Waals surface area contributed by atoms with Gasteiger partial charge in [-0.05, 0) is 22.9 Å². The van der Waals surface area contributed by atoms with Gasteiger partial charge in [-0.15, -0.1) is 0 Å². The van der Waals surface area contributed by atoms with Gasteiger partial charge in [0.2, 0.25) is 0 Å². The van der Waals surface area contributed by atoms with Crippen LogP contribution in [0.1, 0.15) is 6.92 Å². The number of hydrazine groups is 1. The molecule has 8 heavy (non-hydrogen) atoms. The average Bonchev–Trinajstić information content (AvgIpc) is 1.84. The molecule has 4 heteroatoms. The van der Waals surface area contributed by atoms with E-state index in [9.17, 15) is 0 Å². The molecular formula is C4H10BrN3. The predicted octanol–water partition coefficient (Wildman–Crippen LogP) is 0.335. The van der Waals surface area contributed by atoms with Gasteiger partial charge >= 0.3 is 0 Å². The van der Waals surface area contributed by atoms with Crippen LogP contribution in [0.5, 0.6) is 0 Å². The Balaban J connectivity index is 3.63. The molecule has 0 radical (unpaired) electrons. The van der Waals surface area contributed by atoms with E-state index < -0.39 is 0 Å². The second-order valence-electron chi connectivity index (χ2n) is 1.28. The molecule has 0 aliphatic carbocycles. The SMILES string of the molecule is CCN(N)/C(Br)=C\N. The first kappa shape index (κ1) is 7.78. The van der Waals surface area contributed by atoms with Gasteiger partial charge in [0.25, 0.3) is 0 Å². The van der Waals surface area contributed by atoms with E-state index in [1.54, 1.807) is 0 Å². The van der Waals surface area contributed by atoms with Crippen LogP contribution in [0.15, 0.2) is 10.8 Å². The highest BCUT2D eigenvalue weighted by Gasteiger charge is 1.93. The van der Waals surface area contributed by atoms with Crippen molar-refractivity contribution in [1.82, 2.24) is 5.01 Å². The molecule has 0 spiro atoms. The van der Waals surface area contributed by atoms with Crippen molar-refractivity contribution >= 4 is 15.9 Å². The molecule has 0 aromatic rings. The minimum Gasteiger partial charge on any atom is -0.402 e. The van der Waals surface area contributed by atoms with Crippen molar-refractivity contribution in [3.8, 4) is 0 Å². The normalized spacial score (nSPS) is 11.6. The summed E-state index contributed by atoms with van der Waals surface area (Å²) in [6, 6.07) is 0. The molecule has 0 bridgehead atoms. The van der Waals surface area contributed by atoms with Crippen molar-refractivity contribution in [2.75, 3.05) is 6.54 Å². The van der Waals surface area contributed by atoms with Crippen molar-refractivity contribution in [3.05, 3.63) is 10.8 Å². The molecule has 0 aliphatic rings. The van der Waals surface area contributed by atoms with Crippen molar-refractivity contribution in [2.24, 2.45) is 11.6 Å². The maximum atomic E-state index is 5.37. The minimum atomic E-state index is 0.708. The van der Waals surface area contributed by atoms with Gasteiger partial charge in [0.1, 0.15) is 4.61 Å². The fourth-order valence-electron chi connectivity index (χ4n) is 0.247. The zero-order chi connectivity index (χ0) is 6.57. The molecule has 0 heterocycles. The molecule has 4 N–H and O–H groups in total. The van der Waals surface area contributed by atoms with Crippen LogP contribution in [0.3, 0.4) is 0 Å². The monoisotopic (exact) mass is 179 g/mol. The fraction of sp³-hybridized carbons (Fsp3) is 0.500. The maximum Gasteiger partial charge on any atom is 0.110 e. The van der Waals surface area contributed by atoms with E-state index in [1.807, 2.05) is 6.92 Å². The highest BCUT2D eigenvalue weighted by molar-refractivity contribution is 9.11. The van der Waals surface area contributed by atoms with E-state index >= 15 is 0 Å². The summed E-state index contributed by atoms with van der Waals surface area (Å²) < 4.78 is 0.708. The van der Waals surface area contributed by atoms with Crippen molar-refractivity contribution < 1.29 is 0 Å². The van der Waals surface area contributed by atoms with Gasteiger partial charge in [-0.1, -0.05) is 0 Å². The van der Waals surface area contributed by atoms with E-state index in [0.29, 0.717) is 4.61 Å². The number of rotatable bonds is 2. The maximum absolute atomic E-state index is 5.37. The molecule has 0 unspecified atom stereocenters. The Morgan fingerprint density at radius 3 is 2.50 bits per heavy atom. The first-order valence-corrected chi connectivity index (χ1v) is 3.11. The Hall–Kier alpha value is -0.220. The lowest BCUT2D eigenvalue weighted by Gasteiger charge is -2.12. The Labute approximate surface area is 57.4 Å². The zero-order valence-electron chi connectivity index (χ0n) is 4.76. The topological polar surface area (TPSA) is 55.3 Å². The number of hydrogen-bond donors (Lipinski definition) is 2. The number of nitrogens with two attached hydrogens (primary N) is 2. The Morgan fingerprint density at radius 2 is 2.38 bits per heavy atom. The standard InChI is InChI=1S/C4H10BrN3/c1-2-8(7)4(5)3-6/h3H,2,6-7H2,1H3/b4-3-. The molecule has 0 aromatic heterocycles. The van der Waals surface area contributed by atoms with Crippen molar-refractivity contribution in [2.45, 2.75) is 6.92 Å². The summed E-state index contributed by atoms with van der Waals surface area (Å²) >= 11 is 3.14. The smallest absolute Gasteiger partial charge is 0.110 e. The molecule has 48 valence electrons. The number of halogens is 1. The van der Waals surface area contributed by atoms with Gasteiger partial charge in [0.05, 0.1) is 0 Å². The largest absolute Gasteiger partial charge is 0.402 e. The van der Waals surface area contributed by atoms with Gasteiger partial charge < -0.3 is 10.7 Å². The Bertz CT molecular complexity index is 91.3. The number of nitrogens with zero attached hydrogens (tertiary/aromatic N) is 1.